The molecule has 0 atom stereocenters. The first-order chi connectivity index (χ1) is 9.18. The van der Waals surface area contributed by atoms with E-state index in [1.54, 1.807) is 17.6 Å². The molecule has 1 amide bonds. The van der Waals surface area contributed by atoms with Gasteiger partial charge in [0, 0.05) is 12.2 Å². The maximum Gasteiger partial charge on any atom is 0.305 e. The quantitative estimate of drug-likeness (QED) is 0.909. The number of aliphatic carboxylic acids is 1. The zero-order chi connectivity index (χ0) is 13.7. The molecule has 2 aromatic rings. The van der Waals surface area contributed by atoms with Gasteiger partial charge in [0.15, 0.2) is 0 Å². The van der Waals surface area contributed by atoms with Crippen LogP contribution in [0.5, 0.6) is 0 Å². The molecule has 1 aromatic heterocycles. The molecule has 1 N–H and O–H groups in total. The molecular weight excluding hydrogens is 264 g/mol. The summed E-state index contributed by atoms with van der Waals surface area (Å²) in [6, 6.07) is 9.02. The van der Waals surface area contributed by atoms with Crippen molar-refractivity contribution in [2.24, 2.45) is 0 Å². The fourth-order valence-corrected chi connectivity index (χ4v) is 2.19. The van der Waals surface area contributed by atoms with Crippen molar-refractivity contribution in [1.82, 2.24) is 4.98 Å². The molecule has 1 aromatic carbocycles. The van der Waals surface area contributed by atoms with E-state index in [0.717, 1.165) is 0 Å². The lowest BCUT2D eigenvalue weighted by Crippen LogP contribution is -2.32. The van der Waals surface area contributed by atoms with Crippen LogP contribution in [0.3, 0.4) is 0 Å². The number of nitrogens with zero attached hydrogens (tertiary/aromatic N) is 2. The van der Waals surface area contributed by atoms with Gasteiger partial charge in [0.1, 0.15) is 4.88 Å². The van der Waals surface area contributed by atoms with Crippen molar-refractivity contribution in [1.29, 1.82) is 0 Å². The highest BCUT2D eigenvalue weighted by Gasteiger charge is 2.19. The van der Waals surface area contributed by atoms with Gasteiger partial charge in [-0.3, -0.25) is 14.6 Å². The predicted octanol–water partition coefficient (Wildman–Crippen LogP) is 2.26. The number of amides is 1. The van der Waals surface area contributed by atoms with Crippen molar-refractivity contribution in [2.75, 3.05) is 11.4 Å². The molecule has 0 fully saturated rings. The third kappa shape index (κ3) is 3.38. The summed E-state index contributed by atoms with van der Waals surface area (Å²) in [6.07, 6.45) is 1.39. The highest BCUT2D eigenvalue weighted by Crippen LogP contribution is 2.18. The summed E-state index contributed by atoms with van der Waals surface area (Å²) in [4.78, 5) is 28.8. The Morgan fingerprint density at radius 2 is 2.00 bits per heavy atom. The fourth-order valence-electron chi connectivity index (χ4n) is 1.62. The number of aromatic nitrogens is 1. The van der Waals surface area contributed by atoms with Gasteiger partial charge in [-0.15, -0.1) is 11.3 Å². The Hall–Kier alpha value is -2.21. The number of hydrogen-bond donors (Lipinski definition) is 1. The summed E-state index contributed by atoms with van der Waals surface area (Å²) in [5, 5.41) is 8.77. The number of rotatable bonds is 5. The van der Waals surface area contributed by atoms with E-state index in [1.165, 1.54) is 22.4 Å². The van der Waals surface area contributed by atoms with E-state index < -0.39 is 5.97 Å². The third-order valence-electron chi connectivity index (χ3n) is 2.51. The van der Waals surface area contributed by atoms with E-state index >= 15 is 0 Å². The number of benzene rings is 1. The Morgan fingerprint density at radius 3 is 2.58 bits per heavy atom. The van der Waals surface area contributed by atoms with Crippen molar-refractivity contribution in [3.8, 4) is 0 Å². The van der Waals surface area contributed by atoms with E-state index in [-0.39, 0.29) is 18.9 Å². The average molecular weight is 276 g/mol. The molecule has 0 aliphatic heterocycles. The van der Waals surface area contributed by atoms with E-state index in [2.05, 4.69) is 4.98 Å². The second-order valence-corrected chi connectivity index (χ2v) is 4.69. The summed E-state index contributed by atoms with van der Waals surface area (Å²) >= 11 is 1.24. The van der Waals surface area contributed by atoms with Crippen LogP contribution in [0, 0.1) is 0 Å². The van der Waals surface area contributed by atoms with Gasteiger partial charge < -0.3 is 10.0 Å². The zero-order valence-electron chi connectivity index (χ0n) is 10.0. The maximum absolute atomic E-state index is 12.3. The minimum absolute atomic E-state index is 0.0978. The smallest absolute Gasteiger partial charge is 0.305 e. The first-order valence-electron chi connectivity index (χ1n) is 5.65. The van der Waals surface area contributed by atoms with Crippen LogP contribution in [0.25, 0.3) is 0 Å². The molecule has 0 saturated heterocycles. The Kier molecular flexibility index (Phi) is 4.25. The average Bonchev–Trinajstić information content (AvgIpc) is 2.93. The molecule has 5 nitrogen and oxygen atoms in total. The monoisotopic (exact) mass is 276 g/mol. The molecule has 2 rings (SSSR count). The van der Waals surface area contributed by atoms with Crippen LogP contribution in [0.4, 0.5) is 5.69 Å². The molecule has 0 bridgehead atoms. The third-order valence-corrected chi connectivity index (χ3v) is 3.27. The van der Waals surface area contributed by atoms with Crippen molar-refractivity contribution in [2.45, 2.75) is 6.42 Å². The number of hydrogen-bond acceptors (Lipinski definition) is 4. The molecule has 0 saturated carbocycles. The van der Waals surface area contributed by atoms with E-state index in [1.807, 2.05) is 18.2 Å². The molecule has 0 unspecified atom stereocenters. The van der Waals surface area contributed by atoms with Gasteiger partial charge in [0.25, 0.3) is 5.91 Å². The van der Waals surface area contributed by atoms with Crippen molar-refractivity contribution < 1.29 is 14.7 Å². The van der Waals surface area contributed by atoms with Gasteiger partial charge in [0.05, 0.1) is 18.1 Å². The maximum atomic E-state index is 12.3. The van der Waals surface area contributed by atoms with E-state index in [9.17, 15) is 9.59 Å². The van der Waals surface area contributed by atoms with Crippen LogP contribution < -0.4 is 4.90 Å². The van der Waals surface area contributed by atoms with Crippen molar-refractivity contribution >= 4 is 28.9 Å². The number of carbonyl (C=O) groups excluding carboxylic acids is 1. The van der Waals surface area contributed by atoms with Crippen molar-refractivity contribution in [3.63, 3.8) is 0 Å². The molecule has 0 radical (unpaired) electrons. The van der Waals surface area contributed by atoms with Crippen LogP contribution in [0.2, 0.25) is 0 Å². The first-order valence-corrected chi connectivity index (χ1v) is 6.53. The van der Waals surface area contributed by atoms with Gasteiger partial charge in [0.2, 0.25) is 0 Å². The van der Waals surface area contributed by atoms with Gasteiger partial charge in [-0.1, -0.05) is 18.2 Å². The molecule has 19 heavy (non-hydrogen) atoms. The number of carboxylic acid groups (broad SMARTS) is 1. The van der Waals surface area contributed by atoms with E-state index in [4.69, 9.17) is 5.11 Å². The topological polar surface area (TPSA) is 70.5 Å². The summed E-state index contributed by atoms with van der Waals surface area (Å²) in [5.74, 6) is -1.16. The van der Waals surface area contributed by atoms with Crippen LogP contribution >= 0.6 is 11.3 Å². The van der Waals surface area contributed by atoms with Gasteiger partial charge in [-0.25, -0.2) is 0 Å². The Balaban J connectivity index is 2.24. The highest BCUT2D eigenvalue weighted by molar-refractivity contribution is 7.11. The van der Waals surface area contributed by atoms with Crippen LogP contribution in [-0.2, 0) is 4.79 Å². The standard InChI is InChI=1S/C13H12N2O3S/c16-12(17)6-7-15(10-4-2-1-3-5-10)13(18)11-8-14-9-19-11/h1-5,8-9H,6-7H2,(H,16,17). The molecule has 0 spiro atoms. The molecule has 98 valence electrons. The molecule has 0 aliphatic rings. The van der Waals surface area contributed by atoms with Gasteiger partial charge >= 0.3 is 5.97 Å². The minimum Gasteiger partial charge on any atom is -0.481 e. The molecule has 1 heterocycles. The summed E-state index contributed by atoms with van der Waals surface area (Å²) < 4.78 is 0. The van der Waals surface area contributed by atoms with Crippen molar-refractivity contribution in [3.05, 3.63) is 46.9 Å². The lowest BCUT2D eigenvalue weighted by Gasteiger charge is -2.21. The normalized spacial score (nSPS) is 10.1. The minimum atomic E-state index is -0.932. The number of thiazole rings is 1. The fraction of sp³-hybridized carbons (Fsp3) is 0.154. The van der Waals surface area contributed by atoms with Crippen LogP contribution in [0.15, 0.2) is 42.0 Å². The molecule has 0 aliphatic carbocycles. The zero-order valence-corrected chi connectivity index (χ0v) is 10.8. The highest BCUT2D eigenvalue weighted by atomic mass is 32.1. The van der Waals surface area contributed by atoms with Gasteiger partial charge in [-0.05, 0) is 12.1 Å². The number of carbonyl (C=O) groups is 2. The summed E-state index contributed by atoms with van der Waals surface area (Å²) in [6.45, 7) is 0.135. The SMILES string of the molecule is O=C(O)CCN(C(=O)c1cncs1)c1ccccc1. The summed E-state index contributed by atoms with van der Waals surface area (Å²) in [5.41, 5.74) is 2.26. The number of anilines is 1. The lowest BCUT2D eigenvalue weighted by atomic mass is 10.2. The second-order valence-electron chi connectivity index (χ2n) is 3.80. The Morgan fingerprint density at radius 1 is 1.26 bits per heavy atom. The van der Waals surface area contributed by atoms with Gasteiger partial charge in [-0.2, -0.15) is 0 Å². The van der Waals surface area contributed by atoms with E-state index in [0.29, 0.717) is 10.6 Å². The number of para-hydroxylation sites is 1. The Labute approximate surface area is 114 Å². The number of carboxylic acids is 1. The largest absolute Gasteiger partial charge is 0.481 e. The predicted molar refractivity (Wildman–Crippen MR) is 72.5 cm³/mol. The molecular formula is C13H12N2O3S. The lowest BCUT2D eigenvalue weighted by molar-refractivity contribution is -0.136. The van der Waals surface area contributed by atoms with Crippen LogP contribution in [0.1, 0.15) is 16.1 Å². The first kappa shape index (κ1) is 13.2. The Bertz CT molecular complexity index is 555. The van der Waals surface area contributed by atoms with Crippen LogP contribution in [-0.4, -0.2) is 28.5 Å². The molecule has 6 heteroatoms. The second kappa shape index (κ2) is 6.10. The summed E-state index contributed by atoms with van der Waals surface area (Å²) in [7, 11) is 0.